The van der Waals surface area contributed by atoms with Crippen molar-refractivity contribution in [2.24, 2.45) is 5.92 Å². The molecule has 1 saturated carbocycles. The van der Waals surface area contributed by atoms with E-state index >= 15 is 0 Å². The molecular weight excluding hydrogens is 266 g/mol. The van der Waals surface area contributed by atoms with Crippen LogP contribution in [-0.2, 0) is 4.79 Å². The fraction of sp³-hybridized carbons (Fsp3) is 0.500. The Morgan fingerprint density at radius 3 is 2.76 bits per heavy atom. The van der Waals surface area contributed by atoms with Crippen molar-refractivity contribution in [1.82, 2.24) is 9.88 Å². The summed E-state index contributed by atoms with van der Waals surface area (Å²) in [4.78, 5) is 19.9. The molecule has 2 aliphatic rings. The van der Waals surface area contributed by atoms with Crippen LogP contribution in [0.4, 0.5) is 5.82 Å². The zero-order valence-electron chi connectivity index (χ0n) is 12.1. The van der Waals surface area contributed by atoms with Gasteiger partial charge in [-0.25, -0.2) is 9.78 Å². The Balaban J connectivity index is 1.65. The molecule has 1 aliphatic carbocycles. The highest BCUT2D eigenvalue weighted by Crippen LogP contribution is 2.30. The third kappa shape index (κ3) is 3.82. The summed E-state index contributed by atoms with van der Waals surface area (Å²) >= 11 is 0. The van der Waals surface area contributed by atoms with Crippen molar-refractivity contribution in [2.75, 3.05) is 37.6 Å². The van der Waals surface area contributed by atoms with Gasteiger partial charge in [-0.15, -0.1) is 0 Å². The average molecular weight is 287 g/mol. The Hall–Kier alpha value is -1.88. The summed E-state index contributed by atoms with van der Waals surface area (Å²) < 4.78 is 0. The maximum atomic E-state index is 10.7. The number of anilines is 1. The molecule has 5 nitrogen and oxygen atoms in total. The van der Waals surface area contributed by atoms with E-state index in [9.17, 15) is 4.79 Å². The highest BCUT2D eigenvalue weighted by molar-refractivity contribution is 5.86. The second kappa shape index (κ2) is 6.26. The fourth-order valence-corrected chi connectivity index (χ4v) is 2.77. The van der Waals surface area contributed by atoms with Gasteiger partial charge in [-0.2, -0.15) is 0 Å². The summed E-state index contributed by atoms with van der Waals surface area (Å²) in [6.07, 6.45) is 7.35. The Bertz CT molecular complexity index is 532. The smallest absolute Gasteiger partial charge is 0.328 e. The molecule has 0 unspecified atom stereocenters. The van der Waals surface area contributed by atoms with Crippen molar-refractivity contribution < 1.29 is 9.90 Å². The summed E-state index contributed by atoms with van der Waals surface area (Å²) in [5, 5.41) is 8.77. The van der Waals surface area contributed by atoms with E-state index in [1.54, 1.807) is 12.3 Å². The van der Waals surface area contributed by atoms with Gasteiger partial charge in [-0.3, -0.25) is 4.90 Å². The highest BCUT2D eigenvalue weighted by atomic mass is 16.4. The number of carboxylic acid groups (broad SMARTS) is 1. The van der Waals surface area contributed by atoms with Gasteiger partial charge >= 0.3 is 5.97 Å². The van der Waals surface area contributed by atoms with Gasteiger partial charge in [-0.1, -0.05) is 0 Å². The molecule has 2 heterocycles. The van der Waals surface area contributed by atoms with E-state index in [0.29, 0.717) is 0 Å². The first-order valence-electron chi connectivity index (χ1n) is 7.56. The van der Waals surface area contributed by atoms with Crippen LogP contribution in [0.2, 0.25) is 0 Å². The summed E-state index contributed by atoms with van der Waals surface area (Å²) in [7, 11) is 0. The van der Waals surface area contributed by atoms with Gasteiger partial charge in [0.1, 0.15) is 5.82 Å². The molecule has 0 atom stereocenters. The summed E-state index contributed by atoms with van der Waals surface area (Å²) in [5.74, 6) is 0.889. The first-order chi connectivity index (χ1) is 10.2. The number of carbonyl (C=O) groups is 1. The van der Waals surface area contributed by atoms with E-state index < -0.39 is 5.97 Å². The summed E-state index contributed by atoms with van der Waals surface area (Å²) in [6.45, 7) is 5.28. The van der Waals surface area contributed by atoms with Gasteiger partial charge in [-0.05, 0) is 37.0 Å². The minimum atomic E-state index is -0.931. The van der Waals surface area contributed by atoms with Crippen LogP contribution in [-0.4, -0.2) is 53.7 Å². The first kappa shape index (κ1) is 14.1. The fourth-order valence-electron chi connectivity index (χ4n) is 2.77. The summed E-state index contributed by atoms with van der Waals surface area (Å²) in [6, 6.07) is 3.76. The van der Waals surface area contributed by atoms with Gasteiger partial charge < -0.3 is 10.0 Å². The summed E-state index contributed by atoms with van der Waals surface area (Å²) in [5.41, 5.74) is 0.871. The number of piperazine rings is 1. The number of carboxylic acids is 1. The van der Waals surface area contributed by atoms with Crippen LogP contribution in [0.15, 0.2) is 24.4 Å². The molecule has 1 N–H and O–H groups in total. The molecular formula is C16H21N3O2. The number of hydrogen-bond donors (Lipinski definition) is 1. The molecule has 0 amide bonds. The van der Waals surface area contributed by atoms with Gasteiger partial charge in [0, 0.05) is 50.6 Å². The molecule has 112 valence electrons. The number of rotatable bonds is 5. The standard InChI is InChI=1S/C16H21N3O2/c20-15(21)6-5-14-2-1-7-17-16(14)19-10-8-18(9-11-19)12-13-3-4-13/h1-2,5-7,13H,3-4,8-12H2,(H,20,21)/b6-5+. The molecule has 0 radical (unpaired) electrons. The van der Waals surface area contributed by atoms with Crippen molar-refractivity contribution in [3.63, 3.8) is 0 Å². The highest BCUT2D eigenvalue weighted by Gasteiger charge is 2.26. The lowest BCUT2D eigenvalue weighted by Crippen LogP contribution is -2.47. The number of nitrogens with zero attached hydrogens (tertiary/aromatic N) is 3. The Kier molecular flexibility index (Phi) is 4.20. The molecule has 0 spiro atoms. The lowest BCUT2D eigenvalue weighted by Gasteiger charge is -2.36. The topological polar surface area (TPSA) is 56.7 Å². The first-order valence-corrected chi connectivity index (χ1v) is 7.56. The van der Waals surface area contributed by atoms with Gasteiger partial charge in [0.25, 0.3) is 0 Å². The molecule has 1 saturated heterocycles. The van der Waals surface area contributed by atoms with Gasteiger partial charge in [0.2, 0.25) is 0 Å². The molecule has 1 aliphatic heterocycles. The van der Waals surface area contributed by atoms with Crippen LogP contribution in [0.3, 0.4) is 0 Å². The van der Waals surface area contributed by atoms with Crippen LogP contribution in [0.1, 0.15) is 18.4 Å². The zero-order chi connectivity index (χ0) is 14.7. The van der Waals surface area contributed by atoms with Crippen molar-refractivity contribution in [1.29, 1.82) is 0 Å². The maximum absolute atomic E-state index is 10.7. The number of aliphatic carboxylic acids is 1. The Morgan fingerprint density at radius 1 is 1.33 bits per heavy atom. The van der Waals surface area contributed by atoms with Crippen molar-refractivity contribution in [3.8, 4) is 0 Å². The quantitative estimate of drug-likeness (QED) is 0.836. The van der Waals surface area contributed by atoms with Crippen LogP contribution < -0.4 is 4.90 Å². The monoisotopic (exact) mass is 287 g/mol. The van der Waals surface area contributed by atoms with Crippen LogP contribution in [0.25, 0.3) is 6.08 Å². The number of aromatic nitrogens is 1. The molecule has 5 heteroatoms. The van der Waals surface area contributed by atoms with E-state index in [1.165, 1.54) is 25.5 Å². The molecule has 1 aromatic heterocycles. The predicted octanol–water partition coefficient (Wildman–Crippen LogP) is 1.71. The predicted molar refractivity (Wildman–Crippen MR) is 82.3 cm³/mol. The third-order valence-corrected chi connectivity index (χ3v) is 4.11. The third-order valence-electron chi connectivity index (χ3n) is 4.11. The second-order valence-electron chi connectivity index (χ2n) is 5.82. The van der Waals surface area contributed by atoms with Gasteiger partial charge in [0.15, 0.2) is 0 Å². The van der Waals surface area contributed by atoms with Crippen LogP contribution in [0, 0.1) is 5.92 Å². The van der Waals surface area contributed by atoms with Crippen LogP contribution >= 0.6 is 0 Å². The van der Waals surface area contributed by atoms with E-state index in [2.05, 4.69) is 14.8 Å². The minimum absolute atomic E-state index is 0.871. The Labute approximate surface area is 124 Å². The molecule has 21 heavy (non-hydrogen) atoms. The molecule has 3 rings (SSSR count). The normalized spacial score (nSPS) is 20.1. The SMILES string of the molecule is O=C(O)/C=C/c1cccnc1N1CCN(CC2CC2)CC1. The lowest BCUT2D eigenvalue weighted by molar-refractivity contribution is -0.131. The largest absolute Gasteiger partial charge is 0.478 e. The molecule has 1 aromatic rings. The van der Waals surface area contributed by atoms with Crippen molar-refractivity contribution in [3.05, 3.63) is 30.0 Å². The average Bonchev–Trinajstić information content (AvgIpc) is 3.30. The van der Waals surface area contributed by atoms with Crippen LogP contribution in [0.5, 0.6) is 0 Å². The van der Waals surface area contributed by atoms with E-state index in [1.807, 2.05) is 12.1 Å². The maximum Gasteiger partial charge on any atom is 0.328 e. The van der Waals surface area contributed by atoms with E-state index in [-0.39, 0.29) is 0 Å². The Morgan fingerprint density at radius 2 is 2.10 bits per heavy atom. The molecule has 0 aromatic carbocycles. The molecule has 2 fully saturated rings. The lowest BCUT2D eigenvalue weighted by atomic mass is 10.2. The van der Waals surface area contributed by atoms with E-state index in [4.69, 9.17) is 5.11 Å². The zero-order valence-corrected chi connectivity index (χ0v) is 12.1. The second-order valence-corrected chi connectivity index (χ2v) is 5.82. The minimum Gasteiger partial charge on any atom is -0.478 e. The van der Waals surface area contributed by atoms with Gasteiger partial charge in [0.05, 0.1) is 0 Å². The number of hydrogen-bond acceptors (Lipinski definition) is 4. The molecule has 0 bridgehead atoms. The number of pyridine rings is 1. The van der Waals surface area contributed by atoms with Crippen molar-refractivity contribution in [2.45, 2.75) is 12.8 Å². The van der Waals surface area contributed by atoms with E-state index in [0.717, 1.165) is 43.5 Å². The van der Waals surface area contributed by atoms with Crippen molar-refractivity contribution >= 4 is 17.9 Å².